The number of benzene rings is 2. The molecule has 2 fully saturated rings. The van der Waals surface area contributed by atoms with Gasteiger partial charge in [-0.2, -0.15) is 0 Å². The second kappa shape index (κ2) is 8.20. The van der Waals surface area contributed by atoms with Gasteiger partial charge >= 0.3 is 0 Å². The summed E-state index contributed by atoms with van der Waals surface area (Å²) in [5.41, 5.74) is 4.16. The van der Waals surface area contributed by atoms with E-state index in [0.29, 0.717) is 11.4 Å². The molecule has 2 aliphatic heterocycles. The number of carbonyl (C=O) groups is 2. The SMILES string of the molecule is Cc1ccc(CN2C(=O)S/C(=C\c3ccc(N4CCOCC4)cc3)C2=O)cc1. The highest BCUT2D eigenvalue weighted by Gasteiger charge is 2.34. The van der Waals surface area contributed by atoms with Crippen LogP contribution in [0.1, 0.15) is 16.7 Å². The summed E-state index contributed by atoms with van der Waals surface area (Å²) >= 11 is 1.00. The third kappa shape index (κ3) is 4.13. The van der Waals surface area contributed by atoms with Crippen LogP contribution in [0.2, 0.25) is 0 Å². The fourth-order valence-corrected chi connectivity index (χ4v) is 4.10. The Labute approximate surface area is 169 Å². The first-order valence-corrected chi connectivity index (χ1v) is 10.2. The van der Waals surface area contributed by atoms with Crippen LogP contribution in [-0.2, 0) is 16.1 Å². The highest BCUT2D eigenvalue weighted by atomic mass is 32.2. The number of hydrogen-bond acceptors (Lipinski definition) is 5. The maximum atomic E-state index is 12.7. The molecular formula is C22H22N2O3S. The van der Waals surface area contributed by atoms with E-state index in [2.05, 4.69) is 4.90 Å². The van der Waals surface area contributed by atoms with Gasteiger partial charge in [0.2, 0.25) is 0 Å². The zero-order valence-corrected chi connectivity index (χ0v) is 16.6. The number of ether oxygens (including phenoxy) is 1. The maximum Gasteiger partial charge on any atom is 0.293 e. The van der Waals surface area contributed by atoms with Gasteiger partial charge in [-0.05, 0) is 48.0 Å². The molecule has 2 aromatic carbocycles. The maximum absolute atomic E-state index is 12.7. The summed E-state index contributed by atoms with van der Waals surface area (Å²) in [7, 11) is 0. The van der Waals surface area contributed by atoms with E-state index in [-0.39, 0.29) is 11.1 Å². The lowest BCUT2D eigenvalue weighted by molar-refractivity contribution is -0.123. The van der Waals surface area contributed by atoms with Crippen molar-refractivity contribution in [3.63, 3.8) is 0 Å². The van der Waals surface area contributed by atoms with Gasteiger partial charge in [-0.3, -0.25) is 14.5 Å². The van der Waals surface area contributed by atoms with Gasteiger partial charge in [0, 0.05) is 18.8 Å². The normalized spacial score (nSPS) is 19.0. The Balaban J connectivity index is 1.46. The molecule has 0 aliphatic carbocycles. The molecule has 28 heavy (non-hydrogen) atoms. The number of carbonyl (C=O) groups excluding carboxylic acids is 2. The molecule has 0 unspecified atom stereocenters. The van der Waals surface area contributed by atoms with Crippen molar-refractivity contribution in [3.05, 3.63) is 70.1 Å². The molecule has 0 aromatic heterocycles. The predicted molar refractivity (Wildman–Crippen MR) is 112 cm³/mol. The molecule has 0 spiro atoms. The van der Waals surface area contributed by atoms with Crippen molar-refractivity contribution in [1.82, 2.24) is 4.90 Å². The zero-order chi connectivity index (χ0) is 19.5. The third-order valence-electron chi connectivity index (χ3n) is 4.90. The zero-order valence-electron chi connectivity index (χ0n) is 15.8. The Morgan fingerprint density at radius 2 is 1.68 bits per heavy atom. The number of morpholine rings is 1. The summed E-state index contributed by atoms with van der Waals surface area (Å²) in [6, 6.07) is 15.9. The number of amides is 2. The Morgan fingerprint density at radius 3 is 2.36 bits per heavy atom. The van der Waals surface area contributed by atoms with E-state index in [1.807, 2.05) is 55.5 Å². The molecule has 2 saturated heterocycles. The highest BCUT2D eigenvalue weighted by Crippen LogP contribution is 2.33. The number of rotatable bonds is 4. The first-order valence-electron chi connectivity index (χ1n) is 9.34. The van der Waals surface area contributed by atoms with Gasteiger partial charge in [0.1, 0.15) is 0 Å². The molecule has 0 radical (unpaired) electrons. The Kier molecular flexibility index (Phi) is 5.50. The van der Waals surface area contributed by atoms with Gasteiger partial charge in [-0.25, -0.2) is 0 Å². The number of aryl methyl sites for hydroxylation is 1. The minimum absolute atomic E-state index is 0.221. The van der Waals surface area contributed by atoms with Crippen molar-refractivity contribution in [1.29, 1.82) is 0 Å². The standard InChI is InChI=1S/C22H22N2O3S/c1-16-2-4-18(5-3-16)15-24-21(25)20(28-22(24)26)14-17-6-8-19(9-7-17)23-10-12-27-13-11-23/h2-9,14H,10-13,15H2,1H3/b20-14-. The van der Waals surface area contributed by atoms with Crippen molar-refractivity contribution >= 4 is 34.7 Å². The summed E-state index contributed by atoms with van der Waals surface area (Å²) < 4.78 is 5.39. The van der Waals surface area contributed by atoms with Gasteiger partial charge in [0.25, 0.3) is 11.1 Å². The van der Waals surface area contributed by atoms with Crippen molar-refractivity contribution in [3.8, 4) is 0 Å². The molecule has 2 aromatic rings. The van der Waals surface area contributed by atoms with Crippen LogP contribution in [0.5, 0.6) is 0 Å². The van der Waals surface area contributed by atoms with Crippen molar-refractivity contribution in [2.24, 2.45) is 0 Å². The van der Waals surface area contributed by atoms with Gasteiger partial charge in [0.15, 0.2) is 0 Å². The molecule has 0 atom stereocenters. The van der Waals surface area contributed by atoms with Crippen LogP contribution >= 0.6 is 11.8 Å². The summed E-state index contributed by atoms with van der Waals surface area (Å²) in [5.74, 6) is -0.229. The quantitative estimate of drug-likeness (QED) is 0.732. The van der Waals surface area contributed by atoms with Gasteiger partial charge < -0.3 is 9.64 Å². The van der Waals surface area contributed by atoms with Crippen LogP contribution in [0.25, 0.3) is 6.08 Å². The van der Waals surface area contributed by atoms with Gasteiger partial charge in [-0.1, -0.05) is 42.0 Å². The minimum atomic E-state index is -0.229. The number of hydrogen-bond donors (Lipinski definition) is 0. The van der Waals surface area contributed by atoms with Crippen LogP contribution < -0.4 is 4.90 Å². The summed E-state index contributed by atoms with van der Waals surface area (Å²) in [4.78, 5) is 29.1. The summed E-state index contributed by atoms with van der Waals surface area (Å²) in [6.07, 6.45) is 1.79. The predicted octanol–water partition coefficient (Wildman–Crippen LogP) is 4.07. The Bertz CT molecular complexity index is 900. The average molecular weight is 394 g/mol. The molecule has 2 aliphatic rings. The lowest BCUT2D eigenvalue weighted by Crippen LogP contribution is -2.36. The lowest BCUT2D eigenvalue weighted by atomic mass is 10.1. The molecule has 4 rings (SSSR count). The third-order valence-corrected chi connectivity index (χ3v) is 5.81. The molecule has 6 heteroatoms. The van der Waals surface area contributed by atoms with Gasteiger partial charge in [-0.15, -0.1) is 0 Å². The molecule has 0 saturated carbocycles. The first-order chi connectivity index (χ1) is 13.6. The van der Waals surface area contributed by atoms with Crippen molar-refractivity contribution in [2.75, 3.05) is 31.2 Å². The number of imide groups is 1. The molecule has 0 bridgehead atoms. The van der Waals surface area contributed by atoms with E-state index >= 15 is 0 Å². The smallest absolute Gasteiger partial charge is 0.293 e. The highest BCUT2D eigenvalue weighted by molar-refractivity contribution is 8.18. The first kappa shape index (κ1) is 18.8. The van der Waals surface area contributed by atoms with E-state index in [1.54, 1.807) is 6.08 Å². The van der Waals surface area contributed by atoms with E-state index in [0.717, 1.165) is 60.4 Å². The largest absolute Gasteiger partial charge is 0.378 e. The topological polar surface area (TPSA) is 49.9 Å². The molecule has 2 heterocycles. The van der Waals surface area contributed by atoms with Crippen LogP contribution in [0.3, 0.4) is 0 Å². The minimum Gasteiger partial charge on any atom is -0.378 e. The number of anilines is 1. The van der Waals surface area contributed by atoms with Crippen molar-refractivity contribution < 1.29 is 14.3 Å². The lowest BCUT2D eigenvalue weighted by Gasteiger charge is -2.28. The van der Waals surface area contributed by atoms with E-state index < -0.39 is 0 Å². The van der Waals surface area contributed by atoms with E-state index in [4.69, 9.17) is 4.74 Å². The second-order valence-corrected chi connectivity index (χ2v) is 7.94. The Morgan fingerprint density at radius 1 is 1.00 bits per heavy atom. The molecule has 144 valence electrons. The van der Waals surface area contributed by atoms with Crippen LogP contribution in [0.15, 0.2) is 53.4 Å². The molecule has 0 N–H and O–H groups in total. The molecule has 5 nitrogen and oxygen atoms in total. The van der Waals surface area contributed by atoms with Crippen LogP contribution in [-0.4, -0.2) is 42.3 Å². The summed E-state index contributed by atoms with van der Waals surface area (Å²) in [5, 5.41) is -0.221. The fourth-order valence-electron chi connectivity index (χ4n) is 3.27. The van der Waals surface area contributed by atoms with Crippen LogP contribution in [0.4, 0.5) is 10.5 Å². The number of thioether (sulfide) groups is 1. The molecular weight excluding hydrogens is 372 g/mol. The van der Waals surface area contributed by atoms with E-state index in [9.17, 15) is 9.59 Å². The van der Waals surface area contributed by atoms with Gasteiger partial charge in [0.05, 0.1) is 24.7 Å². The monoisotopic (exact) mass is 394 g/mol. The average Bonchev–Trinajstić information content (AvgIpc) is 2.98. The summed E-state index contributed by atoms with van der Waals surface area (Å²) in [6.45, 7) is 5.58. The number of nitrogens with zero attached hydrogens (tertiary/aromatic N) is 2. The fraction of sp³-hybridized carbons (Fsp3) is 0.273. The van der Waals surface area contributed by atoms with Crippen LogP contribution in [0, 0.1) is 6.92 Å². The molecule has 2 amide bonds. The Hall–Kier alpha value is -2.57. The van der Waals surface area contributed by atoms with E-state index in [1.165, 1.54) is 4.90 Å². The van der Waals surface area contributed by atoms with Crippen molar-refractivity contribution in [2.45, 2.75) is 13.5 Å². The second-order valence-electron chi connectivity index (χ2n) is 6.94.